The second-order valence-electron chi connectivity index (χ2n) is 11.4. The van der Waals surface area contributed by atoms with Crippen LogP contribution in [-0.2, 0) is 21.2 Å². The lowest BCUT2D eigenvalue weighted by Crippen LogP contribution is -2.42. The predicted octanol–water partition coefficient (Wildman–Crippen LogP) is 5.56. The Hall–Kier alpha value is -3.02. The van der Waals surface area contributed by atoms with Gasteiger partial charge in [0, 0.05) is 24.2 Å². The monoisotopic (exact) mass is 613 g/mol. The first-order valence-electron chi connectivity index (χ1n) is 14.8. The molecule has 1 saturated carbocycles. The van der Waals surface area contributed by atoms with E-state index in [1.54, 1.807) is 10.4 Å². The number of rotatable bonds is 12. The lowest BCUT2D eigenvalue weighted by molar-refractivity contribution is -0.137. The maximum atomic E-state index is 13.4. The van der Waals surface area contributed by atoms with Crippen LogP contribution in [-0.4, -0.2) is 59.6 Å². The van der Waals surface area contributed by atoms with Crippen LogP contribution in [0.4, 0.5) is 0 Å². The maximum Gasteiger partial charge on any atom is 0.305 e. The number of hydrogen-bond donors (Lipinski definition) is 2. The molecule has 226 valence electrons. The number of thiophene rings is 1. The Morgan fingerprint density at radius 2 is 1.90 bits per heavy atom. The highest BCUT2D eigenvalue weighted by Gasteiger charge is 2.29. The molecule has 2 aliphatic rings. The van der Waals surface area contributed by atoms with Crippen molar-refractivity contribution < 1.29 is 27.9 Å². The summed E-state index contributed by atoms with van der Waals surface area (Å²) in [7, 11) is -3.21. The van der Waals surface area contributed by atoms with Crippen LogP contribution in [0.1, 0.15) is 86.1 Å². The number of pyridine rings is 1. The Morgan fingerprint density at radius 3 is 2.57 bits per heavy atom. The van der Waals surface area contributed by atoms with E-state index in [9.17, 15) is 23.1 Å². The number of carboxylic acids is 1. The SMILES string of the molecule is CCCS(=O)(=O)N1CCC(Oc2ccc3cc(C(=O)NC(CC(=O)O)c4ccsc4)nc(CC4CCCC4)c3c2)CC1. The maximum absolute atomic E-state index is 13.4. The molecule has 3 aromatic rings. The highest BCUT2D eigenvalue weighted by atomic mass is 32.2. The van der Waals surface area contributed by atoms with Crippen LogP contribution in [0.15, 0.2) is 41.1 Å². The van der Waals surface area contributed by atoms with Crippen LogP contribution in [0, 0.1) is 5.92 Å². The number of sulfonamides is 1. The number of nitrogens with zero attached hydrogens (tertiary/aromatic N) is 2. The molecule has 0 bridgehead atoms. The van der Waals surface area contributed by atoms with E-state index < -0.39 is 27.9 Å². The van der Waals surface area contributed by atoms with Crippen molar-refractivity contribution in [1.82, 2.24) is 14.6 Å². The number of aliphatic carboxylic acids is 1. The molecule has 1 amide bonds. The molecule has 1 aliphatic carbocycles. The average molecular weight is 614 g/mol. The fraction of sp³-hybridized carbons (Fsp3) is 0.516. The van der Waals surface area contributed by atoms with E-state index in [0.29, 0.717) is 44.0 Å². The number of carbonyl (C=O) groups excluding carboxylic acids is 1. The van der Waals surface area contributed by atoms with E-state index >= 15 is 0 Å². The van der Waals surface area contributed by atoms with E-state index in [2.05, 4.69) is 5.32 Å². The molecule has 1 saturated heterocycles. The van der Waals surface area contributed by atoms with Crippen molar-refractivity contribution in [2.45, 2.75) is 76.9 Å². The first-order valence-corrected chi connectivity index (χ1v) is 17.4. The lowest BCUT2D eigenvalue weighted by Gasteiger charge is -2.31. The van der Waals surface area contributed by atoms with Gasteiger partial charge in [-0.25, -0.2) is 17.7 Å². The van der Waals surface area contributed by atoms with Crippen molar-refractivity contribution in [2.24, 2.45) is 5.92 Å². The Morgan fingerprint density at radius 1 is 1.14 bits per heavy atom. The third-order valence-corrected chi connectivity index (χ3v) is 11.0. The minimum Gasteiger partial charge on any atom is -0.490 e. The minimum absolute atomic E-state index is 0.0740. The lowest BCUT2D eigenvalue weighted by atomic mass is 9.97. The molecular formula is C31H39N3O6S2. The first-order chi connectivity index (χ1) is 20.2. The summed E-state index contributed by atoms with van der Waals surface area (Å²) in [6.45, 7) is 2.79. The number of ether oxygens (including phenoxy) is 1. The quantitative estimate of drug-likeness (QED) is 0.274. The second-order valence-corrected chi connectivity index (χ2v) is 14.3. The molecular weight excluding hydrogens is 574 g/mol. The Bertz CT molecular complexity index is 1490. The molecule has 5 rings (SSSR count). The largest absolute Gasteiger partial charge is 0.490 e. The molecule has 3 heterocycles. The van der Waals surface area contributed by atoms with Gasteiger partial charge in [0.2, 0.25) is 10.0 Å². The van der Waals surface area contributed by atoms with Crippen LogP contribution in [0.25, 0.3) is 10.8 Å². The van der Waals surface area contributed by atoms with E-state index in [0.717, 1.165) is 41.3 Å². The third-order valence-electron chi connectivity index (χ3n) is 8.26. The van der Waals surface area contributed by atoms with E-state index in [1.165, 1.54) is 24.2 Å². The van der Waals surface area contributed by atoms with Crippen molar-refractivity contribution >= 4 is 44.0 Å². The number of benzene rings is 1. The molecule has 2 aromatic heterocycles. The molecule has 2 N–H and O–H groups in total. The summed E-state index contributed by atoms with van der Waals surface area (Å²) in [4.78, 5) is 29.7. The van der Waals surface area contributed by atoms with Gasteiger partial charge in [0.05, 0.1) is 18.2 Å². The Balaban J connectivity index is 1.36. The molecule has 2 fully saturated rings. The Kier molecular flexibility index (Phi) is 9.80. The highest BCUT2D eigenvalue weighted by Crippen LogP contribution is 2.32. The van der Waals surface area contributed by atoms with Gasteiger partial charge < -0.3 is 15.2 Å². The van der Waals surface area contributed by atoms with Crippen LogP contribution >= 0.6 is 11.3 Å². The van der Waals surface area contributed by atoms with E-state index in [-0.39, 0.29) is 24.0 Å². The van der Waals surface area contributed by atoms with Gasteiger partial charge in [-0.2, -0.15) is 11.3 Å². The number of hydrogen-bond acceptors (Lipinski definition) is 7. The molecule has 11 heteroatoms. The normalized spacial score (nSPS) is 17.8. The fourth-order valence-corrected chi connectivity index (χ4v) is 8.32. The molecule has 1 aliphatic heterocycles. The van der Waals surface area contributed by atoms with Crippen LogP contribution in [0.2, 0.25) is 0 Å². The average Bonchev–Trinajstić information content (AvgIpc) is 3.68. The number of carboxylic acid groups (broad SMARTS) is 1. The molecule has 42 heavy (non-hydrogen) atoms. The molecule has 0 radical (unpaired) electrons. The van der Waals surface area contributed by atoms with Gasteiger partial charge in [0.15, 0.2) is 0 Å². The standard InChI is InChI=1S/C31H39N3O6S2/c1-2-15-42(38,39)34-12-9-24(10-13-34)40-25-8-7-22-17-29(32-28(26(22)18-25)16-21-5-3-4-6-21)31(37)33-27(19-30(35)36)23-11-14-41-20-23/h7-8,11,14,17-18,20-21,24,27H,2-6,9-10,12-13,15-16,19H2,1H3,(H,33,37)(H,35,36). The van der Waals surface area contributed by atoms with Gasteiger partial charge in [-0.1, -0.05) is 38.7 Å². The zero-order valence-corrected chi connectivity index (χ0v) is 25.6. The molecule has 1 unspecified atom stereocenters. The summed E-state index contributed by atoms with van der Waals surface area (Å²) >= 11 is 1.46. The van der Waals surface area contributed by atoms with Gasteiger partial charge >= 0.3 is 5.97 Å². The summed E-state index contributed by atoms with van der Waals surface area (Å²) in [5.74, 6) is 0.00754. The highest BCUT2D eigenvalue weighted by molar-refractivity contribution is 7.89. The molecule has 1 atom stereocenters. The number of carbonyl (C=O) groups is 2. The smallest absolute Gasteiger partial charge is 0.305 e. The summed E-state index contributed by atoms with van der Waals surface area (Å²) in [6.07, 6.45) is 7.01. The summed E-state index contributed by atoms with van der Waals surface area (Å²) in [6, 6.07) is 8.77. The van der Waals surface area contributed by atoms with Gasteiger partial charge in [0.1, 0.15) is 17.5 Å². The predicted molar refractivity (Wildman–Crippen MR) is 163 cm³/mol. The van der Waals surface area contributed by atoms with Crippen LogP contribution in [0.5, 0.6) is 5.75 Å². The zero-order valence-electron chi connectivity index (χ0n) is 24.0. The van der Waals surface area contributed by atoms with Crippen LogP contribution in [0.3, 0.4) is 0 Å². The van der Waals surface area contributed by atoms with Gasteiger partial charge in [-0.3, -0.25) is 9.59 Å². The number of piperidine rings is 1. The second kappa shape index (κ2) is 13.5. The van der Waals surface area contributed by atoms with E-state index in [1.807, 2.05) is 41.9 Å². The van der Waals surface area contributed by atoms with Gasteiger partial charge in [-0.05, 0) is 77.6 Å². The number of nitrogens with one attached hydrogen (secondary N) is 1. The minimum atomic E-state index is -3.21. The Labute approximate surface area is 251 Å². The number of amides is 1. The third kappa shape index (κ3) is 7.48. The fourth-order valence-electron chi connectivity index (χ4n) is 6.07. The topological polar surface area (TPSA) is 126 Å². The zero-order chi connectivity index (χ0) is 29.7. The molecule has 0 spiro atoms. The molecule has 9 nitrogen and oxygen atoms in total. The summed E-state index contributed by atoms with van der Waals surface area (Å²) in [5, 5.41) is 17.8. The van der Waals surface area contributed by atoms with Crippen molar-refractivity contribution in [3.05, 3.63) is 58.0 Å². The number of aromatic nitrogens is 1. The van der Waals surface area contributed by atoms with Gasteiger partial charge in [0.25, 0.3) is 5.91 Å². The first kappa shape index (κ1) is 30.4. The summed E-state index contributed by atoms with van der Waals surface area (Å²) in [5.41, 5.74) is 1.88. The number of fused-ring (bicyclic) bond motifs is 1. The summed E-state index contributed by atoms with van der Waals surface area (Å²) < 4.78 is 32.8. The van der Waals surface area contributed by atoms with Crippen molar-refractivity contribution in [3.8, 4) is 5.75 Å². The van der Waals surface area contributed by atoms with Crippen LogP contribution < -0.4 is 10.1 Å². The van der Waals surface area contributed by atoms with Crippen molar-refractivity contribution in [1.29, 1.82) is 0 Å². The van der Waals surface area contributed by atoms with E-state index in [4.69, 9.17) is 9.72 Å². The molecule has 1 aromatic carbocycles. The van der Waals surface area contributed by atoms with Crippen molar-refractivity contribution in [3.63, 3.8) is 0 Å². The van der Waals surface area contributed by atoms with Crippen molar-refractivity contribution in [2.75, 3.05) is 18.8 Å². The van der Waals surface area contributed by atoms with Gasteiger partial charge in [-0.15, -0.1) is 0 Å².